The Balaban J connectivity index is 1.53. The molecule has 1 saturated carbocycles. The number of benzene rings is 1. The number of esters is 1. The number of thiazole rings is 1. The minimum absolute atomic E-state index is 0.0361. The highest BCUT2D eigenvalue weighted by molar-refractivity contribution is 7.14. The van der Waals surface area contributed by atoms with Crippen LogP contribution >= 0.6 is 11.3 Å². The summed E-state index contributed by atoms with van der Waals surface area (Å²) in [6.07, 6.45) is 2.39. The molecule has 188 valence electrons. The molecule has 11 nitrogen and oxygen atoms in total. The lowest BCUT2D eigenvalue weighted by Crippen LogP contribution is -2.63. The molecule has 1 aliphatic carbocycles. The lowest BCUT2D eigenvalue weighted by molar-refractivity contribution is -0.764. The zero-order chi connectivity index (χ0) is 25.3. The number of carbonyl (C=O) groups excluding carboxylic acids is 4. The van der Waals surface area contributed by atoms with E-state index in [-0.39, 0.29) is 36.0 Å². The molecule has 2 fully saturated rings. The number of imide groups is 1. The van der Waals surface area contributed by atoms with Crippen LogP contribution in [0.3, 0.4) is 0 Å². The summed E-state index contributed by atoms with van der Waals surface area (Å²) in [4.78, 5) is 56.5. The minimum Gasteiger partial charge on any atom is -0.464 e. The summed E-state index contributed by atoms with van der Waals surface area (Å²) < 4.78 is 15.3. The number of allylic oxidation sites excluding steroid dienone is 1. The van der Waals surface area contributed by atoms with E-state index >= 15 is 0 Å². The fourth-order valence-corrected chi connectivity index (χ4v) is 5.19. The monoisotopic (exact) mass is 513 g/mol. The lowest BCUT2D eigenvalue weighted by Gasteiger charge is -2.33. The zero-order valence-corrected chi connectivity index (χ0v) is 20.3. The Morgan fingerprint density at radius 3 is 2.69 bits per heavy atom. The molecule has 1 aromatic carbocycles. The van der Waals surface area contributed by atoms with Crippen molar-refractivity contribution in [3.05, 3.63) is 58.6 Å². The molecule has 2 N–H and O–H groups in total. The van der Waals surface area contributed by atoms with Gasteiger partial charge in [-0.3, -0.25) is 15.4 Å². The number of aromatic nitrogens is 1. The van der Waals surface area contributed by atoms with E-state index in [9.17, 15) is 19.2 Å². The highest BCUT2D eigenvalue weighted by Crippen LogP contribution is 2.42. The number of methoxy groups -OCH3 is 1. The highest BCUT2D eigenvalue weighted by atomic mass is 32.1. The van der Waals surface area contributed by atoms with Gasteiger partial charge in [0.15, 0.2) is 16.9 Å². The maximum Gasteiger partial charge on any atom is 0.433 e. The van der Waals surface area contributed by atoms with Gasteiger partial charge in [-0.1, -0.05) is 34.8 Å². The van der Waals surface area contributed by atoms with E-state index in [2.05, 4.69) is 20.4 Å². The molecule has 2 aliphatic heterocycles. The predicted molar refractivity (Wildman–Crippen MR) is 126 cm³/mol. The fourth-order valence-electron chi connectivity index (χ4n) is 4.51. The normalized spacial score (nSPS) is 22.0. The molecule has 1 aromatic heterocycles. The van der Waals surface area contributed by atoms with Crippen LogP contribution in [0.2, 0.25) is 0 Å². The van der Waals surface area contributed by atoms with Crippen molar-refractivity contribution in [3.63, 3.8) is 0 Å². The van der Waals surface area contributed by atoms with Crippen molar-refractivity contribution in [3.8, 4) is 0 Å². The van der Waals surface area contributed by atoms with Crippen molar-refractivity contribution in [1.82, 2.24) is 10.3 Å². The Kier molecular flexibility index (Phi) is 6.46. The van der Waals surface area contributed by atoms with E-state index in [4.69, 9.17) is 9.47 Å². The highest BCUT2D eigenvalue weighted by Gasteiger charge is 2.65. The summed E-state index contributed by atoms with van der Waals surface area (Å²) in [5.41, 5.74) is 0.956. The number of urea groups is 1. The number of anilines is 1. The predicted octanol–water partition coefficient (Wildman–Crippen LogP) is 2.52. The molecule has 2 atom stereocenters. The number of rotatable bonds is 9. The number of nitrogens with zero attached hydrogens (tertiary/aromatic N) is 2. The van der Waals surface area contributed by atoms with Gasteiger partial charge in [0.1, 0.15) is 6.54 Å². The third-order valence-corrected chi connectivity index (χ3v) is 7.21. The second kappa shape index (κ2) is 9.70. The van der Waals surface area contributed by atoms with Crippen molar-refractivity contribution in [2.24, 2.45) is 5.92 Å². The van der Waals surface area contributed by atoms with E-state index in [1.165, 1.54) is 12.5 Å². The number of hydrogen-bond donors (Lipinski definition) is 2. The van der Waals surface area contributed by atoms with E-state index in [1.807, 2.05) is 30.3 Å². The standard InChI is InChI=1S/C24H24N4O7S/c1-33-22(31)16-12-36-23(26-16)27-20(30)17(9-15-7-8-15)28(19(29)11-25-24(28)32)21-18(34-13-35-21)10-14-5-3-2-4-6-14/h2-6,12,15,17H,7-11,13H2,1H3,(H-,25,26,27,30,32)/p+1. The van der Waals surface area contributed by atoms with Gasteiger partial charge in [-0.05, 0) is 24.3 Å². The topological polar surface area (TPSA) is 133 Å². The summed E-state index contributed by atoms with van der Waals surface area (Å²) in [7, 11) is 1.24. The Morgan fingerprint density at radius 1 is 1.25 bits per heavy atom. The largest absolute Gasteiger partial charge is 0.464 e. The van der Waals surface area contributed by atoms with Crippen LogP contribution in [0.15, 0.2) is 47.4 Å². The van der Waals surface area contributed by atoms with E-state index in [0.29, 0.717) is 18.6 Å². The third kappa shape index (κ3) is 4.33. The second-order valence-corrected chi connectivity index (χ2v) is 9.64. The van der Waals surface area contributed by atoms with Gasteiger partial charge in [0, 0.05) is 18.2 Å². The number of quaternary nitrogens is 1. The molecule has 3 heterocycles. The number of ether oxygens (including phenoxy) is 3. The van der Waals surface area contributed by atoms with Crippen LogP contribution in [-0.2, 0) is 30.2 Å². The van der Waals surface area contributed by atoms with Crippen molar-refractivity contribution >= 4 is 40.3 Å². The molecule has 2 aromatic rings. The van der Waals surface area contributed by atoms with Crippen LogP contribution in [-0.4, -0.2) is 59.8 Å². The average Bonchev–Trinajstić information content (AvgIpc) is 3.24. The maximum atomic E-state index is 13.7. The lowest BCUT2D eigenvalue weighted by atomic mass is 10.0. The summed E-state index contributed by atoms with van der Waals surface area (Å²) in [6, 6.07) is 7.70. The minimum atomic E-state index is -1.11. The second-order valence-electron chi connectivity index (χ2n) is 8.79. The Bertz CT molecular complexity index is 1220. The molecule has 3 aliphatic rings. The number of nitrogens with one attached hydrogen (secondary N) is 2. The Labute approximate surface area is 210 Å². The van der Waals surface area contributed by atoms with Gasteiger partial charge in [0.2, 0.25) is 12.6 Å². The average molecular weight is 514 g/mol. The van der Waals surface area contributed by atoms with Crippen LogP contribution in [0.1, 0.15) is 35.3 Å². The molecule has 4 amide bonds. The molecule has 1 saturated heterocycles. The van der Waals surface area contributed by atoms with Gasteiger partial charge in [-0.15, -0.1) is 11.3 Å². The number of hydrogen-bond acceptors (Lipinski definition) is 9. The molecule has 36 heavy (non-hydrogen) atoms. The molecular weight excluding hydrogens is 488 g/mol. The van der Waals surface area contributed by atoms with Crippen LogP contribution in [0.4, 0.5) is 9.93 Å². The van der Waals surface area contributed by atoms with Gasteiger partial charge in [-0.25, -0.2) is 19.4 Å². The van der Waals surface area contributed by atoms with Crippen molar-refractivity contribution in [1.29, 1.82) is 0 Å². The summed E-state index contributed by atoms with van der Waals surface area (Å²) >= 11 is 1.05. The summed E-state index contributed by atoms with van der Waals surface area (Å²) in [5.74, 6) is -1.14. The molecule has 5 rings (SSSR count). The Hall–Kier alpha value is -3.77. The van der Waals surface area contributed by atoms with Gasteiger partial charge < -0.3 is 14.2 Å². The van der Waals surface area contributed by atoms with Crippen LogP contribution in [0.5, 0.6) is 0 Å². The molecule has 0 radical (unpaired) electrons. The fraction of sp³-hybridized carbons (Fsp3) is 0.375. The first-order valence-corrected chi connectivity index (χ1v) is 12.4. The first kappa shape index (κ1) is 23.9. The van der Waals surface area contributed by atoms with Gasteiger partial charge in [-0.2, -0.15) is 0 Å². The van der Waals surface area contributed by atoms with E-state index < -0.39 is 34.3 Å². The van der Waals surface area contributed by atoms with Gasteiger partial charge in [0.05, 0.1) is 7.11 Å². The number of carbonyl (C=O) groups is 4. The first-order chi connectivity index (χ1) is 17.4. The summed E-state index contributed by atoms with van der Waals surface area (Å²) in [6.45, 7) is -0.396. The molecule has 0 bridgehead atoms. The molecule has 2 unspecified atom stereocenters. The number of amides is 4. The molecular formula is C24H25N4O7S+. The van der Waals surface area contributed by atoms with E-state index in [1.54, 1.807) is 0 Å². The SMILES string of the molecule is COC(=O)c1csc(NC(=O)C(CC2CC2)[N+]2(C3=C(Cc4ccccc4)OCO3)C(=O)CNC2=O)n1. The first-order valence-electron chi connectivity index (χ1n) is 11.5. The van der Waals surface area contributed by atoms with Crippen molar-refractivity contribution in [2.75, 3.05) is 25.8 Å². The third-order valence-electron chi connectivity index (χ3n) is 6.45. The van der Waals surface area contributed by atoms with Crippen molar-refractivity contribution < 1.29 is 37.9 Å². The molecule has 12 heteroatoms. The maximum absolute atomic E-state index is 13.7. The van der Waals surface area contributed by atoms with E-state index in [0.717, 1.165) is 29.7 Å². The van der Waals surface area contributed by atoms with Gasteiger partial charge in [0.25, 0.3) is 5.91 Å². The van der Waals surface area contributed by atoms with Crippen molar-refractivity contribution in [2.45, 2.75) is 31.7 Å². The summed E-state index contributed by atoms with van der Waals surface area (Å²) in [5, 5.41) is 6.92. The molecule has 0 spiro atoms. The Morgan fingerprint density at radius 2 is 2.03 bits per heavy atom. The smallest absolute Gasteiger partial charge is 0.433 e. The zero-order valence-electron chi connectivity index (χ0n) is 19.5. The quantitative estimate of drug-likeness (QED) is 0.297. The van der Waals surface area contributed by atoms with Crippen LogP contribution in [0.25, 0.3) is 0 Å². The van der Waals surface area contributed by atoms with Gasteiger partial charge >= 0.3 is 23.8 Å². The van der Waals surface area contributed by atoms with Crippen LogP contribution in [0, 0.1) is 5.92 Å². The van der Waals surface area contributed by atoms with Crippen LogP contribution < -0.4 is 10.6 Å².